The number of hydrogen-bond acceptors (Lipinski definition) is 3. The fourth-order valence-electron chi connectivity index (χ4n) is 1.36. The van der Waals surface area contributed by atoms with Crippen LogP contribution < -0.4 is 5.32 Å². The summed E-state index contributed by atoms with van der Waals surface area (Å²) >= 11 is 9.52. The van der Waals surface area contributed by atoms with Gasteiger partial charge in [-0.2, -0.15) is 0 Å². The zero-order valence-corrected chi connectivity index (χ0v) is 10.4. The summed E-state index contributed by atoms with van der Waals surface area (Å²) in [5.74, 6) is 0.696. The zero-order valence-electron chi connectivity index (χ0n) is 8.09. The molecule has 0 aliphatic heterocycles. The summed E-state index contributed by atoms with van der Waals surface area (Å²) < 4.78 is 0.932. The molecule has 0 radical (unpaired) electrons. The molecule has 0 spiro atoms. The molecule has 0 unspecified atom stereocenters. The van der Waals surface area contributed by atoms with Gasteiger partial charge in [-0.25, -0.2) is 9.97 Å². The van der Waals surface area contributed by atoms with E-state index in [1.165, 1.54) is 0 Å². The normalized spacial score (nSPS) is 10.9. The van der Waals surface area contributed by atoms with Gasteiger partial charge >= 0.3 is 0 Å². The number of halogens is 2. The highest BCUT2D eigenvalue weighted by Gasteiger charge is 2.07. The minimum atomic E-state index is 0.492. The van der Waals surface area contributed by atoms with Gasteiger partial charge in [-0.05, 0) is 35.1 Å². The largest absolute Gasteiger partial charge is 0.313 e. The monoisotopic (exact) mass is 285 g/mol. The summed E-state index contributed by atoms with van der Waals surface area (Å²) in [5.41, 5.74) is 0.850. The van der Waals surface area contributed by atoms with Gasteiger partial charge in [0.2, 0.25) is 0 Å². The molecule has 2 aromatic rings. The second-order valence-corrected chi connectivity index (χ2v) is 4.31. The van der Waals surface area contributed by atoms with E-state index in [1.807, 2.05) is 25.2 Å². The van der Waals surface area contributed by atoms with Crippen LogP contribution in [0.15, 0.2) is 22.7 Å². The standard InChI is InChI=1S/C10H9BrClN3/c1-13-5-8-14-9-6(10(12)15-8)3-2-4-7(9)11/h2-4,13H,5H2,1H3. The summed E-state index contributed by atoms with van der Waals surface area (Å²) in [6.07, 6.45) is 0. The van der Waals surface area contributed by atoms with Crippen molar-refractivity contribution in [3.63, 3.8) is 0 Å². The Kier molecular flexibility index (Phi) is 3.19. The molecule has 0 bridgehead atoms. The lowest BCUT2D eigenvalue weighted by atomic mass is 10.2. The number of nitrogens with zero attached hydrogens (tertiary/aromatic N) is 2. The molecule has 1 aromatic heterocycles. The molecule has 15 heavy (non-hydrogen) atoms. The van der Waals surface area contributed by atoms with Crippen LogP contribution in [0.25, 0.3) is 10.9 Å². The second-order valence-electron chi connectivity index (χ2n) is 3.10. The van der Waals surface area contributed by atoms with Gasteiger partial charge in [0.05, 0.1) is 12.1 Å². The van der Waals surface area contributed by atoms with Crippen LogP contribution in [0, 0.1) is 0 Å². The molecule has 2 rings (SSSR count). The molecule has 1 N–H and O–H groups in total. The van der Waals surface area contributed by atoms with Crippen molar-refractivity contribution in [2.75, 3.05) is 7.05 Å². The minimum Gasteiger partial charge on any atom is -0.313 e. The van der Waals surface area contributed by atoms with Crippen LogP contribution in [0.5, 0.6) is 0 Å². The molecular formula is C10H9BrClN3. The van der Waals surface area contributed by atoms with Gasteiger partial charge in [0, 0.05) is 9.86 Å². The van der Waals surface area contributed by atoms with Gasteiger partial charge in [-0.3, -0.25) is 0 Å². The summed E-state index contributed by atoms with van der Waals surface area (Å²) in [5, 5.41) is 4.36. The minimum absolute atomic E-state index is 0.492. The Morgan fingerprint density at radius 3 is 2.93 bits per heavy atom. The highest BCUT2D eigenvalue weighted by molar-refractivity contribution is 9.10. The second kappa shape index (κ2) is 4.43. The maximum absolute atomic E-state index is 6.07. The van der Waals surface area contributed by atoms with E-state index in [0.29, 0.717) is 17.5 Å². The zero-order chi connectivity index (χ0) is 10.8. The van der Waals surface area contributed by atoms with E-state index in [4.69, 9.17) is 11.6 Å². The van der Waals surface area contributed by atoms with Crippen LogP contribution in [-0.2, 0) is 6.54 Å². The summed E-state index contributed by atoms with van der Waals surface area (Å²) in [4.78, 5) is 8.62. The predicted octanol–water partition coefficient (Wildman–Crippen LogP) is 2.77. The smallest absolute Gasteiger partial charge is 0.144 e. The van der Waals surface area contributed by atoms with Crippen LogP contribution in [0.2, 0.25) is 5.15 Å². The topological polar surface area (TPSA) is 37.8 Å². The highest BCUT2D eigenvalue weighted by atomic mass is 79.9. The number of rotatable bonds is 2. The van der Waals surface area contributed by atoms with Crippen molar-refractivity contribution in [1.29, 1.82) is 0 Å². The van der Waals surface area contributed by atoms with Gasteiger partial charge in [0.15, 0.2) is 0 Å². The van der Waals surface area contributed by atoms with E-state index >= 15 is 0 Å². The lowest BCUT2D eigenvalue weighted by Crippen LogP contribution is -2.09. The first-order chi connectivity index (χ1) is 7.22. The van der Waals surface area contributed by atoms with Gasteiger partial charge in [-0.1, -0.05) is 17.7 Å². The molecule has 1 aromatic carbocycles. The molecule has 0 fully saturated rings. The fourth-order valence-corrected chi connectivity index (χ4v) is 2.07. The van der Waals surface area contributed by atoms with E-state index in [9.17, 15) is 0 Å². The number of aromatic nitrogens is 2. The SMILES string of the molecule is CNCc1nc(Cl)c2cccc(Br)c2n1. The average Bonchev–Trinajstić information content (AvgIpc) is 2.20. The molecule has 0 saturated carbocycles. The molecule has 0 aliphatic rings. The first kappa shape index (κ1) is 10.8. The molecule has 0 atom stereocenters. The maximum atomic E-state index is 6.07. The molecule has 0 saturated heterocycles. The molecule has 0 amide bonds. The van der Waals surface area contributed by atoms with Gasteiger partial charge in [0.1, 0.15) is 11.0 Å². The lowest BCUT2D eigenvalue weighted by Gasteiger charge is -2.04. The van der Waals surface area contributed by atoms with Gasteiger partial charge in [-0.15, -0.1) is 0 Å². The highest BCUT2D eigenvalue weighted by Crippen LogP contribution is 2.26. The van der Waals surface area contributed by atoms with Gasteiger partial charge < -0.3 is 5.32 Å². The van der Waals surface area contributed by atoms with Crippen molar-refractivity contribution in [3.05, 3.63) is 33.6 Å². The lowest BCUT2D eigenvalue weighted by molar-refractivity contribution is 0.764. The number of fused-ring (bicyclic) bond motifs is 1. The Bertz CT molecular complexity index is 501. The molecule has 3 nitrogen and oxygen atoms in total. The molecule has 1 heterocycles. The van der Waals surface area contributed by atoms with Crippen LogP contribution in [0.3, 0.4) is 0 Å². The number of nitrogens with one attached hydrogen (secondary N) is 1. The Balaban J connectivity index is 2.68. The van der Waals surface area contributed by atoms with Crippen molar-refractivity contribution in [1.82, 2.24) is 15.3 Å². The predicted molar refractivity (Wildman–Crippen MR) is 65.0 cm³/mol. The fraction of sp³-hybridized carbons (Fsp3) is 0.200. The summed E-state index contributed by atoms with van der Waals surface area (Å²) in [7, 11) is 1.85. The van der Waals surface area contributed by atoms with Crippen LogP contribution in [0.1, 0.15) is 5.82 Å². The Hall–Kier alpha value is -0.710. The number of benzene rings is 1. The number of para-hydroxylation sites is 1. The van der Waals surface area contributed by atoms with E-state index in [1.54, 1.807) is 0 Å². The maximum Gasteiger partial charge on any atom is 0.144 e. The first-order valence-corrected chi connectivity index (χ1v) is 5.64. The average molecular weight is 287 g/mol. The molecule has 78 valence electrons. The van der Waals surface area contributed by atoms with Crippen LogP contribution in [0.4, 0.5) is 0 Å². The van der Waals surface area contributed by atoms with Crippen molar-refractivity contribution < 1.29 is 0 Å². The van der Waals surface area contributed by atoms with Gasteiger partial charge in [0.25, 0.3) is 0 Å². The third-order valence-corrected chi connectivity index (χ3v) is 2.94. The van der Waals surface area contributed by atoms with Crippen molar-refractivity contribution in [2.45, 2.75) is 6.54 Å². The third-order valence-electron chi connectivity index (χ3n) is 2.01. The van der Waals surface area contributed by atoms with Crippen molar-refractivity contribution in [2.24, 2.45) is 0 Å². The van der Waals surface area contributed by atoms with E-state index in [0.717, 1.165) is 15.4 Å². The molecule has 5 heteroatoms. The quantitative estimate of drug-likeness (QED) is 0.863. The van der Waals surface area contributed by atoms with Crippen molar-refractivity contribution in [3.8, 4) is 0 Å². The first-order valence-electron chi connectivity index (χ1n) is 4.47. The van der Waals surface area contributed by atoms with E-state index in [-0.39, 0.29) is 0 Å². The van der Waals surface area contributed by atoms with E-state index < -0.39 is 0 Å². The third kappa shape index (κ3) is 2.12. The number of hydrogen-bond donors (Lipinski definition) is 1. The Morgan fingerprint density at radius 2 is 2.20 bits per heavy atom. The summed E-state index contributed by atoms with van der Waals surface area (Å²) in [6.45, 7) is 0.608. The van der Waals surface area contributed by atoms with Crippen LogP contribution >= 0.6 is 27.5 Å². The Morgan fingerprint density at radius 1 is 1.40 bits per heavy atom. The van der Waals surface area contributed by atoms with E-state index in [2.05, 4.69) is 31.2 Å². The molecular weight excluding hydrogens is 277 g/mol. The van der Waals surface area contributed by atoms with Crippen LogP contribution in [-0.4, -0.2) is 17.0 Å². The summed E-state index contributed by atoms with van der Waals surface area (Å²) in [6, 6.07) is 5.76. The Labute approximate surface area is 101 Å². The van der Waals surface area contributed by atoms with Crippen molar-refractivity contribution >= 4 is 38.4 Å². The molecule has 0 aliphatic carbocycles.